The van der Waals surface area contributed by atoms with Gasteiger partial charge in [0.1, 0.15) is 8.85 Å². The van der Waals surface area contributed by atoms with Crippen LogP contribution in [0.5, 0.6) is 0 Å². The zero-order valence-electron chi connectivity index (χ0n) is 5.49. The Balaban J connectivity index is 3.28. The minimum absolute atomic E-state index is 0.0469. The normalized spacial score (nSPS) is 10.8. The first kappa shape index (κ1) is 10.4. The van der Waals surface area contributed by atoms with Crippen molar-refractivity contribution in [1.29, 1.82) is 0 Å². The Hall–Kier alpha value is 0.320. The van der Waals surface area contributed by atoms with Gasteiger partial charge in [0, 0.05) is 0 Å². The minimum Gasteiger partial charge on any atom is -0.230 e. The highest BCUT2D eigenvalue weighted by molar-refractivity contribution is 14.1. The van der Waals surface area contributed by atoms with Gasteiger partial charge in [-0.15, -0.1) is 0 Å². The first-order valence-corrected chi connectivity index (χ1v) is 4.65. The van der Waals surface area contributed by atoms with E-state index in [0.29, 0.717) is 3.70 Å². The molecule has 6 heteroatoms. The maximum Gasteiger partial charge on any atom is 0.268 e. The molecule has 1 aromatic heterocycles. The zero-order chi connectivity index (χ0) is 9.30. The van der Waals surface area contributed by atoms with Gasteiger partial charge in [0.15, 0.2) is 0 Å². The van der Waals surface area contributed by atoms with Crippen LogP contribution in [0.4, 0.5) is 8.78 Å². The van der Waals surface area contributed by atoms with Crippen LogP contribution in [0.2, 0.25) is 10.2 Å². The van der Waals surface area contributed by atoms with E-state index in [0.717, 1.165) is 0 Å². The molecule has 0 aliphatic heterocycles. The molecule has 1 aromatic rings. The summed E-state index contributed by atoms with van der Waals surface area (Å²) >= 11 is 12.8. The highest BCUT2D eigenvalue weighted by Crippen LogP contribution is 2.32. The summed E-state index contributed by atoms with van der Waals surface area (Å²) in [4.78, 5) is 3.64. The number of hydrogen-bond donors (Lipinski definition) is 0. The molecule has 0 amide bonds. The Kier molecular flexibility index (Phi) is 3.48. The molecule has 66 valence electrons. The van der Waals surface area contributed by atoms with Gasteiger partial charge in [-0.05, 0) is 28.7 Å². The van der Waals surface area contributed by atoms with E-state index in [2.05, 4.69) is 4.98 Å². The molecule has 0 spiro atoms. The van der Waals surface area contributed by atoms with Crippen molar-refractivity contribution in [3.63, 3.8) is 0 Å². The number of hydrogen-bond acceptors (Lipinski definition) is 1. The van der Waals surface area contributed by atoms with Crippen molar-refractivity contribution in [3.8, 4) is 0 Å². The molecule has 0 aliphatic carbocycles. The van der Waals surface area contributed by atoms with Crippen LogP contribution < -0.4 is 0 Å². The highest BCUT2D eigenvalue weighted by Gasteiger charge is 2.17. The minimum atomic E-state index is -2.69. The maximum atomic E-state index is 12.2. The predicted molar refractivity (Wildman–Crippen MR) is 51.9 cm³/mol. The molecule has 0 radical (unpaired) electrons. The van der Waals surface area contributed by atoms with Gasteiger partial charge in [0.05, 0.1) is 10.6 Å². The van der Waals surface area contributed by atoms with Crippen LogP contribution in [0.15, 0.2) is 6.07 Å². The summed E-state index contributed by atoms with van der Waals surface area (Å²) in [5.41, 5.74) is -0.404. The standard InChI is InChI=1S/C6H2Cl2F2IN/c7-2-1-3(11)12-5(8)4(2)6(9)10/h1,6H. The Morgan fingerprint density at radius 1 is 1.42 bits per heavy atom. The van der Waals surface area contributed by atoms with Crippen molar-refractivity contribution in [1.82, 2.24) is 4.98 Å². The third kappa shape index (κ3) is 2.17. The van der Waals surface area contributed by atoms with E-state index in [-0.39, 0.29) is 10.2 Å². The van der Waals surface area contributed by atoms with E-state index in [9.17, 15) is 8.78 Å². The van der Waals surface area contributed by atoms with E-state index in [1.54, 1.807) is 0 Å². The van der Waals surface area contributed by atoms with Gasteiger partial charge < -0.3 is 0 Å². The van der Waals surface area contributed by atoms with E-state index in [1.165, 1.54) is 6.07 Å². The van der Waals surface area contributed by atoms with Gasteiger partial charge in [-0.3, -0.25) is 0 Å². The Bertz CT molecular complexity index is 283. The second kappa shape index (κ2) is 4.02. The maximum absolute atomic E-state index is 12.2. The molecular formula is C6H2Cl2F2IN. The van der Waals surface area contributed by atoms with Crippen LogP contribution in [0.25, 0.3) is 0 Å². The quantitative estimate of drug-likeness (QED) is 0.563. The smallest absolute Gasteiger partial charge is 0.230 e. The molecule has 1 nitrogen and oxygen atoms in total. The molecule has 1 heterocycles. The zero-order valence-corrected chi connectivity index (χ0v) is 9.16. The molecule has 12 heavy (non-hydrogen) atoms. The van der Waals surface area contributed by atoms with E-state index in [4.69, 9.17) is 23.2 Å². The number of nitrogens with zero attached hydrogens (tertiary/aromatic N) is 1. The monoisotopic (exact) mass is 323 g/mol. The molecule has 0 saturated heterocycles. The van der Waals surface area contributed by atoms with Crippen LogP contribution >= 0.6 is 45.8 Å². The van der Waals surface area contributed by atoms with Gasteiger partial charge in [-0.2, -0.15) is 0 Å². The largest absolute Gasteiger partial charge is 0.268 e. The second-order valence-corrected chi connectivity index (χ2v) is 3.80. The third-order valence-corrected chi connectivity index (χ3v) is 2.30. The van der Waals surface area contributed by atoms with Gasteiger partial charge in [0.25, 0.3) is 6.43 Å². The molecular weight excluding hydrogens is 322 g/mol. The lowest BCUT2D eigenvalue weighted by atomic mass is 10.3. The lowest BCUT2D eigenvalue weighted by Gasteiger charge is -2.04. The average Bonchev–Trinajstić information content (AvgIpc) is 1.82. The summed E-state index contributed by atoms with van der Waals surface area (Å²) < 4.78 is 24.9. The van der Waals surface area contributed by atoms with E-state index >= 15 is 0 Å². The Morgan fingerprint density at radius 2 is 2.00 bits per heavy atom. The van der Waals surface area contributed by atoms with Crippen LogP contribution in [0.1, 0.15) is 12.0 Å². The molecule has 0 atom stereocenters. The van der Waals surface area contributed by atoms with Gasteiger partial charge in [-0.25, -0.2) is 13.8 Å². The molecule has 1 rings (SSSR count). The number of aromatic nitrogens is 1. The number of halogens is 5. The fourth-order valence-corrected chi connectivity index (χ4v) is 2.14. The van der Waals surface area contributed by atoms with E-state index < -0.39 is 12.0 Å². The molecule has 0 fully saturated rings. The third-order valence-electron chi connectivity index (χ3n) is 1.15. The van der Waals surface area contributed by atoms with Crippen molar-refractivity contribution in [2.75, 3.05) is 0 Å². The fourth-order valence-electron chi connectivity index (χ4n) is 0.661. The van der Waals surface area contributed by atoms with Crippen molar-refractivity contribution in [2.45, 2.75) is 6.43 Å². The number of pyridine rings is 1. The molecule has 0 unspecified atom stereocenters. The first-order chi connectivity index (χ1) is 5.52. The van der Waals surface area contributed by atoms with Gasteiger partial charge >= 0.3 is 0 Å². The predicted octanol–water partition coefficient (Wildman–Crippen LogP) is 3.93. The molecule has 0 aromatic carbocycles. The molecule has 0 N–H and O–H groups in total. The summed E-state index contributed by atoms with van der Waals surface area (Å²) in [7, 11) is 0. The van der Waals surface area contributed by atoms with Crippen LogP contribution in [-0.2, 0) is 0 Å². The summed E-state index contributed by atoms with van der Waals surface area (Å²) in [5.74, 6) is 0. The van der Waals surface area contributed by atoms with Crippen LogP contribution in [0, 0.1) is 3.70 Å². The fraction of sp³-hybridized carbons (Fsp3) is 0.167. The second-order valence-electron chi connectivity index (χ2n) is 1.93. The Morgan fingerprint density at radius 3 is 2.42 bits per heavy atom. The molecule has 0 aliphatic rings. The van der Waals surface area contributed by atoms with E-state index in [1.807, 2.05) is 22.6 Å². The van der Waals surface area contributed by atoms with Crippen molar-refractivity contribution in [2.24, 2.45) is 0 Å². The van der Waals surface area contributed by atoms with Crippen molar-refractivity contribution in [3.05, 3.63) is 25.5 Å². The first-order valence-electron chi connectivity index (χ1n) is 2.82. The molecule has 0 saturated carbocycles. The summed E-state index contributed by atoms with van der Waals surface area (Å²) in [6, 6.07) is 1.34. The van der Waals surface area contributed by atoms with Gasteiger partial charge in [-0.1, -0.05) is 23.2 Å². The topological polar surface area (TPSA) is 12.9 Å². The molecule has 0 bridgehead atoms. The summed E-state index contributed by atoms with van der Waals surface area (Å²) in [5, 5.41) is -0.281. The number of alkyl halides is 2. The average molecular weight is 324 g/mol. The summed E-state index contributed by atoms with van der Waals surface area (Å²) in [6.07, 6.45) is -2.69. The number of rotatable bonds is 1. The van der Waals surface area contributed by atoms with Crippen LogP contribution in [-0.4, -0.2) is 4.98 Å². The highest BCUT2D eigenvalue weighted by atomic mass is 127. The van der Waals surface area contributed by atoms with Crippen molar-refractivity contribution >= 4 is 45.8 Å². The lowest BCUT2D eigenvalue weighted by Crippen LogP contribution is -1.92. The summed E-state index contributed by atoms with van der Waals surface area (Å²) in [6.45, 7) is 0. The van der Waals surface area contributed by atoms with Gasteiger partial charge in [0.2, 0.25) is 0 Å². The Labute approximate surface area is 91.2 Å². The SMILES string of the molecule is FC(F)c1c(Cl)cc(I)nc1Cl. The van der Waals surface area contributed by atoms with Crippen LogP contribution in [0.3, 0.4) is 0 Å². The lowest BCUT2D eigenvalue weighted by molar-refractivity contribution is 0.151. The van der Waals surface area contributed by atoms with Crippen molar-refractivity contribution < 1.29 is 8.78 Å².